The molecule has 0 aliphatic heterocycles. The Bertz CT molecular complexity index is 582. The second-order valence-corrected chi connectivity index (χ2v) is 4.30. The third-order valence-electron chi connectivity index (χ3n) is 2.79. The molecule has 17 heavy (non-hydrogen) atoms. The fourth-order valence-electron chi connectivity index (χ4n) is 1.61. The standard InChI is InChI=1S/C13H12ClFN2/c1-7-10(5-4-6-11(7)15)12-13(14)17-9(3)8(2)16-12/h4-6H,1-3H3. The van der Waals surface area contributed by atoms with Crippen molar-refractivity contribution in [2.24, 2.45) is 0 Å². The molecule has 0 saturated carbocycles. The van der Waals surface area contributed by atoms with Gasteiger partial charge in [-0.2, -0.15) is 0 Å². The highest BCUT2D eigenvalue weighted by Crippen LogP contribution is 2.29. The molecule has 0 unspecified atom stereocenters. The van der Waals surface area contributed by atoms with E-state index < -0.39 is 0 Å². The summed E-state index contributed by atoms with van der Waals surface area (Å²) in [5, 5.41) is 0.307. The molecular formula is C13H12ClFN2. The van der Waals surface area contributed by atoms with Crippen LogP contribution in [0.4, 0.5) is 4.39 Å². The van der Waals surface area contributed by atoms with E-state index in [-0.39, 0.29) is 5.82 Å². The van der Waals surface area contributed by atoms with Crippen LogP contribution in [0.3, 0.4) is 0 Å². The molecule has 0 N–H and O–H groups in total. The van der Waals surface area contributed by atoms with Crippen molar-refractivity contribution in [2.45, 2.75) is 20.8 Å². The highest BCUT2D eigenvalue weighted by molar-refractivity contribution is 6.31. The average Bonchev–Trinajstić information content (AvgIpc) is 2.28. The lowest BCUT2D eigenvalue weighted by Gasteiger charge is -2.09. The van der Waals surface area contributed by atoms with Crippen LogP contribution in [-0.4, -0.2) is 9.97 Å². The Morgan fingerprint density at radius 2 is 1.71 bits per heavy atom. The summed E-state index contributed by atoms with van der Waals surface area (Å²) < 4.78 is 13.5. The summed E-state index contributed by atoms with van der Waals surface area (Å²) in [4.78, 5) is 8.58. The SMILES string of the molecule is Cc1nc(Cl)c(-c2cccc(F)c2C)nc1C. The summed E-state index contributed by atoms with van der Waals surface area (Å²) >= 11 is 6.06. The maximum Gasteiger partial charge on any atom is 0.155 e. The van der Waals surface area contributed by atoms with Crippen LogP contribution in [0.15, 0.2) is 18.2 Å². The first-order valence-electron chi connectivity index (χ1n) is 5.27. The Morgan fingerprint density at radius 3 is 2.41 bits per heavy atom. The van der Waals surface area contributed by atoms with Crippen molar-refractivity contribution in [1.29, 1.82) is 0 Å². The first-order chi connectivity index (χ1) is 8.00. The Hall–Kier alpha value is -1.48. The fraction of sp³-hybridized carbons (Fsp3) is 0.231. The third kappa shape index (κ3) is 2.15. The van der Waals surface area contributed by atoms with E-state index >= 15 is 0 Å². The first kappa shape index (κ1) is 12.0. The Balaban J connectivity index is 2.69. The summed E-state index contributed by atoms with van der Waals surface area (Å²) in [6.07, 6.45) is 0. The van der Waals surface area contributed by atoms with Crippen molar-refractivity contribution in [3.8, 4) is 11.3 Å². The summed E-state index contributed by atoms with van der Waals surface area (Å²) in [7, 11) is 0. The van der Waals surface area contributed by atoms with Gasteiger partial charge in [0.15, 0.2) is 5.15 Å². The lowest BCUT2D eigenvalue weighted by molar-refractivity contribution is 0.619. The molecular weight excluding hydrogens is 239 g/mol. The number of hydrogen-bond donors (Lipinski definition) is 0. The molecule has 1 aromatic heterocycles. The van der Waals surface area contributed by atoms with Gasteiger partial charge in [-0.3, -0.25) is 0 Å². The largest absolute Gasteiger partial charge is 0.248 e. The van der Waals surface area contributed by atoms with Crippen molar-refractivity contribution < 1.29 is 4.39 Å². The van der Waals surface area contributed by atoms with Crippen molar-refractivity contribution >= 4 is 11.6 Å². The second kappa shape index (κ2) is 4.41. The van der Waals surface area contributed by atoms with Crippen molar-refractivity contribution in [2.75, 3.05) is 0 Å². The topological polar surface area (TPSA) is 25.8 Å². The zero-order valence-electron chi connectivity index (χ0n) is 9.88. The van der Waals surface area contributed by atoms with Crippen molar-refractivity contribution in [1.82, 2.24) is 9.97 Å². The van der Waals surface area contributed by atoms with Crippen LogP contribution in [0.25, 0.3) is 11.3 Å². The number of benzene rings is 1. The van der Waals surface area contributed by atoms with Gasteiger partial charge in [-0.1, -0.05) is 23.7 Å². The molecule has 2 nitrogen and oxygen atoms in total. The van der Waals surface area contributed by atoms with Crippen LogP contribution in [0.5, 0.6) is 0 Å². The third-order valence-corrected chi connectivity index (χ3v) is 3.05. The summed E-state index contributed by atoms with van der Waals surface area (Å²) in [5.74, 6) is -0.265. The van der Waals surface area contributed by atoms with Gasteiger partial charge in [-0.15, -0.1) is 0 Å². The molecule has 2 aromatic rings. The molecule has 0 spiro atoms. The molecule has 0 saturated heterocycles. The van der Waals surface area contributed by atoms with E-state index in [1.54, 1.807) is 19.1 Å². The van der Waals surface area contributed by atoms with Crippen LogP contribution in [-0.2, 0) is 0 Å². The minimum absolute atomic E-state index is 0.265. The molecule has 1 heterocycles. The molecule has 0 atom stereocenters. The molecule has 2 rings (SSSR count). The molecule has 0 radical (unpaired) electrons. The molecule has 1 aromatic carbocycles. The van der Waals surface area contributed by atoms with Crippen LogP contribution in [0.2, 0.25) is 5.15 Å². The van der Waals surface area contributed by atoms with Crippen LogP contribution in [0, 0.1) is 26.6 Å². The monoisotopic (exact) mass is 250 g/mol. The van der Waals surface area contributed by atoms with Gasteiger partial charge < -0.3 is 0 Å². The van der Waals surface area contributed by atoms with Gasteiger partial charge in [0.2, 0.25) is 0 Å². The summed E-state index contributed by atoms with van der Waals surface area (Å²) in [5.41, 5.74) is 3.34. The Morgan fingerprint density at radius 1 is 1.06 bits per heavy atom. The van der Waals surface area contributed by atoms with Gasteiger partial charge in [0.1, 0.15) is 11.5 Å². The predicted molar refractivity (Wildman–Crippen MR) is 66.6 cm³/mol. The zero-order valence-corrected chi connectivity index (χ0v) is 10.6. The van der Waals surface area contributed by atoms with E-state index in [0.29, 0.717) is 22.0 Å². The molecule has 0 aliphatic rings. The van der Waals surface area contributed by atoms with E-state index in [1.165, 1.54) is 6.07 Å². The molecule has 88 valence electrons. The van der Waals surface area contributed by atoms with E-state index in [1.807, 2.05) is 13.8 Å². The zero-order chi connectivity index (χ0) is 12.6. The first-order valence-corrected chi connectivity index (χ1v) is 5.64. The number of halogens is 2. The number of nitrogens with zero attached hydrogens (tertiary/aromatic N) is 2. The van der Waals surface area contributed by atoms with Gasteiger partial charge in [0.25, 0.3) is 0 Å². The number of aromatic nitrogens is 2. The van der Waals surface area contributed by atoms with Gasteiger partial charge in [0, 0.05) is 5.56 Å². The second-order valence-electron chi connectivity index (χ2n) is 3.95. The van der Waals surface area contributed by atoms with Gasteiger partial charge in [0.05, 0.1) is 11.4 Å². The highest BCUT2D eigenvalue weighted by Gasteiger charge is 2.13. The maximum atomic E-state index is 13.5. The molecule has 4 heteroatoms. The van der Waals surface area contributed by atoms with Crippen LogP contribution in [0.1, 0.15) is 17.0 Å². The highest BCUT2D eigenvalue weighted by atomic mass is 35.5. The van der Waals surface area contributed by atoms with Gasteiger partial charge >= 0.3 is 0 Å². The summed E-state index contributed by atoms with van der Waals surface area (Å²) in [6, 6.07) is 4.86. The average molecular weight is 251 g/mol. The minimum atomic E-state index is -0.265. The minimum Gasteiger partial charge on any atom is -0.248 e. The molecule has 0 amide bonds. The number of rotatable bonds is 1. The van der Waals surface area contributed by atoms with Gasteiger partial charge in [-0.05, 0) is 32.4 Å². The van der Waals surface area contributed by atoms with Crippen molar-refractivity contribution in [3.05, 3.63) is 46.1 Å². The fourth-order valence-corrected chi connectivity index (χ4v) is 1.88. The normalized spacial score (nSPS) is 10.6. The Labute approximate surface area is 104 Å². The number of hydrogen-bond acceptors (Lipinski definition) is 2. The predicted octanol–water partition coefficient (Wildman–Crippen LogP) is 3.86. The number of aryl methyl sites for hydroxylation is 2. The molecule has 0 aliphatic carbocycles. The molecule has 0 bridgehead atoms. The van der Waals surface area contributed by atoms with Crippen LogP contribution < -0.4 is 0 Å². The van der Waals surface area contributed by atoms with E-state index in [0.717, 1.165) is 11.4 Å². The van der Waals surface area contributed by atoms with E-state index in [2.05, 4.69) is 9.97 Å². The van der Waals surface area contributed by atoms with Gasteiger partial charge in [-0.25, -0.2) is 14.4 Å². The van der Waals surface area contributed by atoms with Crippen LogP contribution >= 0.6 is 11.6 Å². The lowest BCUT2D eigenvalue weighted by atomic mass is 10.1. The Kier molecular flexibility index (Phi) is 3.11. The van der Waals surface area contributed by atoms with E-state index in [9.17, 15) is 4.39 Å². The smallest absolute Gasteiger partial charge is 0.155 e. The van der Waals surface area contributed by atoms with Crippen molar-refractivity contribution in [3.63, 3.8) is 0 Å². The van der Waals surface area contributed by atoms with E-state index in [4.69, 9.17) is 11.6 Å². The lowest BCUT2D eigenvalue weighted by Crippen LogP contribution is -1.98. The summed E-state index contributed by atoms with van der Waals surface area (Å²) in [6.45, 7) is 5.41. The molecule has 0 fully saturated rings. The quantitative estimate of drug-likeness (QED) is 0.768. The maximum absolute atomic E-state index is 13.5.